The molecule has 5 nitrogen and oxygen atoms in total. The lowest BCUT2D eigenvalue weighted by Gasteiger charge is -2.19. The van der Waals surface area contributed by atoms with Gasteiger partial charge in [-0.1, -0.05) is 41.9 Å². The van der Waals surface area contributed by atoms with Crippen LogP contribution in [0.1, 0.15) is 27.7 Å². The van der Waals surface area contributed by atoms with Crippen LogP contribution >= 0.6 is 11.6 Å². The number of aromatic nitrogens is 1. The highest BCUT2D eigenvalue weighted by molar-refractivity contribution is 7.91. The number of nitrogens with zero attached hydrogens (tertiary/aromatic N) is 1. The van der Waals surface area contributed by atoms with Gasteiger partial charge < -0.3 is 9.88 Å². The summed E-state index contributed by atoms with van der Waals surface area (Å²) in [7, 11) is -3.45. The fraction of sp³-hybridized carbons (Fsp3) is 0.227. The number of halogens is 2. The van der Waals surface area contributed by atoms with Gasteiger partial charge in [-0.3, -0.25) is 4.79 Å². The second-order valence-corrected chi connectivity index (χ2v) is 9.98. The highest BCUT2D eigenvalue weighted by Crippen LogP contribution is 2.34. The van der Waals surface area contributed by atoms with E-state index in [0.29, 0.717) is 22.8 Å². The van der Waals surface area contributed by atoms with Crippen molar-refractivity contribution in [1.82, 2.24) is 9.88 Å². The summed E-state index contributed by atoms with van der Waals surface area (Å²) in [5.41, 5.74) is 2.48. The third-order valence-electron chi connectivity index (χ3n) is 5.37. The molecule has 8 heteroatoms. The smallest absolute Gasteiger partial charge is 0.270 e. The summed E-state index contributed by atoms with van der Waals surface area (Å²) < 4.78 is 38.8. The van der Waals surface area contributed by atoms with E-state index in [-0.39, 0.29) is 30.4 Å². The first-order valence-electron chi connectivity index (χ1n) is 9.55. The molecule has 1 aromatic heterocycles. The number of H-pyrrole nitrogens is 1. The lowest BCUT2D eigenvalue weighted by molar-refractivity contribution is 0.0761. The van der Waals surface area contributed by atoms with E-state index in [4.69, 9.17) is 11.6 Å². The van der Waals surface area contributed by atoms with Crippen LogP contribution in [0.15, 0.2) is 60.8 Å². The number of aromatic amines is 1. The minimum Gasteiger partial charge on any atom is -0.357 e. The number of nitrogens with one attached hydrogen (secondary N) is 1. The summed E-state index contributed by atoms with van der Waals surface area (Å²) in [6, 6.07) is 14.6. The van der Waals surface area contributed by atoms with Gasteiger partial charge >= 0.3 is 0 Å². The van der Waals surface area contributed by atoms with Gasteiger partial charge in [-0.15, -0.1) is 0 Å². The van der Waals surface area contributed by atoms with Crippen LogP contribution < -0.4 is 0 Å². The molecule has 1 unspecified atom stereocenters. The van der Waals surface area contributed by atoms with E-state index in [1.807, 2.05) is 0 Å². The second-order valence-electron chi connectivity index (χ2n) is 7.27. The van der Waals surface area contributed by atoms with Crippen molar-refractivity contribution < 1.29 is 17.6 Å². The highest BCUT2D eigenvalue weighted by atomic mass is 35.5. The minimum absolute atomic E-state index is 0.118. The molecule has 2 heterocycles. The zero-order valence-corrected chi connectivity index (χ0v) is 17.6. The van der Waals surface area contributed by atoms with Crippen molar-refractivity contribution in [3.63, 3.8) is 0 Å². The quantitative estimate of drug-likeness (QED) is 0.645. The summed E-state index contributed by atoms with van der Waals surface area (Å²) >= 11 is 6.23. The molecule has 0 saturated carbocycles. The Labute approximate surface area is 179 Å². The van der Waals surface area contributed by atoms with Gasteiger partial charge in [-0.05, 0) is 47.4 Å². The molecule has 0 bridgehead atoms. The summed E-state index contributed by atoms with van der Waals surface area (Å²) in [4.78, 5) is 17.5. The average molecular weight is 447 g/mol. The monoisotopic (exact) mass is 446 g/mol. The van der Waals surface area contributed by atoms with Gasteiger partial charge in [0.1, 0.15) is 11.5 Å². The van der Waals surface area contributed by atoms with Gasteiger partial charge in [0.2, 0.25) is 0 Å². The topological polar surface area (TPSA) is 70.2 Å². The summed E-state index contributed by atoms with van der Waals surface area (Å²) in [5.74, 6) is -0.719. The number of carbonyl (C=O) groups excluding carboxylic acids is 1. The maximum absolute atomic E-state index is 13.1. The third-order valence-corrected chi connectivity index (χ3v) is 7.82. The van der Waals surface area contributed by atoms with Gasteiger partial charge in [0, 0.05) is 24.3 Å². The van der Waals surface area contributed by atoms with Crippen molar-refractivity contribution in [3.05, 3.63) is 82.9 Å². The van der Waals surface area contributed by atoms with Crippen LogP contribution in [0.5, 0.6) is 0 Å². The molecule has 0 aliphatic carbocycles. The first-order chi connectivity index (χ1) is 14.3. The molecule has 3 aromatic rings. The molecule has 2 aromatic carbocycles. The van der Waals surface area contributed by atoms with Crippen molar-refractivity contribution in [1.29, 1.82) is 0 Å². The molecule has 1 aliphatic heterocycles. The fourth-order valence-corrected chi connectivity index (χ4v) is 5.88. The second kappa shape index (κ2) is 8.24. The zero-order valence-electron chi connectivity index (χ0n) is 16.0. The molecule has 1 atom stereocenters. The molecule has 1 N–H and O–H groups in total. The Balaban J connectivity index is 1.54. The van der Waals surface area contributed by atoms with Crippen molar-refractivity contribution in [2.24, 2.45) is 0 Å². The Morgan fingerprint density at radius 2 is 1.80 bits per heavy atom. The largest absolute Gasteiger partial charge is 0.357 e. The summed E-state index contributed by atoms with van der Waals surface area (Å²) in [6.07, 6.45) is 1.96. The molecule has 1 amide bonds. The Hall–Kier alpha value is -2.64. The normalized spacial score (nSPS) is 18.7. The van der Waals surface area contributed by atoms with E-state index in [1.54, 1.807) is 53.6 Å². The minimum atomic E-state index is -3.45. The Bertz CT molecular complexity index is 1180. The van der Waals surface area contributed by atoms with Crippen LogP contribution in [-0.4, -0.2) is 43.1 Å². The number of benzene rings is 2. The standard InChI is InChI=1S/C22H20ClFN2O3S/c23-19-4-2-1-3-18(19)21-9-10-26(11-12-30(21,28)29)22(27)20-13-16(14-25-20)15-5-7-17(24)8-6-15/h1-8,13-14,21,25H,9-12H2. The van der Waals surface area contributed by atoms with Crippen LogP contribution in [0.4, 0.5) is 4.39 Å². The number of carbonyl (C=O) groups is 1. The molecule has 1 aliphatic rings. The van der Waals surface area contributed by atoms with Gasteiger partial charge in [0.05, 0.1) is 11.0 Å². The van der Waals surface area contributed by atoms with Crippen LogP contribution in [0.3, 0.4) is 0 Å². The fourth-order valence-electron chi connectivity index (χ4n) is 3.73. The van der Waals surface area contributed by atoms with E-state index in [2.05, 4.69) is 4.98 Å². The van der Waals surface area contributed by atoms with E-state index < -0.39 is 15.1 Å². The number of rotatable bonds is 3. The molecule has 0 radical (unpaired) electrons. The lowest BCUT2D eigenvalue weighted by Crippen LogP contribution is -2.33. The number of hydrogen-bond acceptors (Lipinski definition) is 3. The van der Waals surface area contributed by atoms with Gasteiger partial charge in [-0.2, -0.15) is 0 Å². The van der Waals surface area contributed by atoms with E-state index in [0.717, 1.165) is 11.1 Å². The number of sulfone groups is 1. The third kappa shape index (κ3) is 4.13. The van der Waals surface area contributed by atoms with Gasteiger partial charge in [-0.25, -0.2) is 12.8 Å². The maximum Gasteiger partial charge on any atom is 0.270 e. The molecule has 0 spiro atoms. The van der Waals surface area contributed by atoms with Gasteiger partial charge in [0.15, 0.2) is 9.84 Å². The van der Waals surface area contributed by atoms with E-state index >= 15 is 0 Å². The van der Waals surface area contributed by atoms with Crippen LogP contribution in [0.25, 0.3) is 11.1 Å². The average Bonchev–Trinajstić information content (AvgIpc) is 3.15. The summed E-state index contributed by atoms with van der Waals surface area (Å²) in [5, 5.41) is -0.318. The van der Waals surface area contributed by atoms with Crippen molar-refractivity contribution in [3.8, 4) is 11.1 Å². The Kier molecular flexibility index (Phi) is 5.66. The molecule has 4 rings (SSSR count). The van der Waals surface area contributed by atoms with Crippen molar-refractivity contribution in [2.75, 3.05) is 18.8 Å². The zero-order chi connectivity index (χ0) is 21.3. The van der Waals surface area contributed by atoms with Crippen LogP contribution in [-0.2, 0) is 9.84 Å². The van der Waals surface area contributed by atoms with Crippen molar-refractivity contribution >= 4 is 27.3 Å². The number of hydrogen-bond donors (Lipinski definition) is 1. The summed E-state index contributed by atoms with van der Waals surface area (Å²) in [6.45, 7) is 0.422. The van der Waals surface area contributed by atoms with E-state index in [9.17, 15) is 17.6 Å². The SMILES string of the molecule is O=C(c1cc(-c2ccc(F)cc2)c[nH]1)N1CCC(c2ccccc2Cl)S(=O)(=O)CC1. The predicted molar refractivity (Wildman–Crippen MR) is 115 cm³/mol. The number of amides is 1. The molecular weight excluding hydrogens is 427 g/mol. The predicted octanol–water partition coefficient (Wildman–Crippen LogP) is 4.48. The van der Waals surface area contributed by atoms with Crippen LogP contribution in [0.2, 0.25) is 5.02 Å². The lowest BCUT2D eigenvalue weighted by atomic mass is 10.1. The Morgan fingerprint density at radius 3 is 2.53 bits per heavy atom. The molecule has 30 heavy (non-hydrogen) atoms. The van der Waals surface area contributed by atoms with E-state index in [1.165, 1.54) is 12.1 Å². The maximum atomic E-state index is 13.1. The van der Waals surface area contributed by atoms with Crippen LogP contribution in [0, 0.1) is 5.82 Å². The molecule has 156 valence electrons. The molecule has 1 fully saturated rings. The first kappa shape index (κ1) is 20.6. The van der Waals surface area contributed by atoms with Crippen molar-refractivity contribution in [2.45, 2.75) is 11.7 Å². The molecular formula is C22H20ClFN2O3S. The molecule has 1 saturated heterocycles. The Morgan fingerprint density at radius 1 is 1.07 bits per heavy atom. The highest BCUT2D eigenvalue weighted by Gasteiger charge is 2.34. The van der Waals surface area contributed by atoms with Gasteiger partial charge in [0.25, 0.3) is 5.91 Å². The first-order valence-corrected chi connectivity index (χ1v) is 11.6.